The molecule has 0 amide bonds. The van der Waals surface area contributed by atoms with Gasteiger partial charge < -0.3 is 53.6 Å². The van der Waals surface area contributed by atoms with E-state index < -0.39 is 0 Å². The molecule has 0 atom stereocenters. The molecule has 6 radical (unpaired) electrons. The Morgan fingerprint density at radius 1 is 0.375 bits per heavy atom. The van der Waals surface area contributed by atoms with Gasteiger partial charge in [0, 0.05) is 34.7 Å². The van der Waals surface area contributed by atoms with Crippen LogP contribution >= 0.6 is 0 Å². The number of hydrogen-bond acceptors (Lipinski definition) is 3. The summed E-state index contributed by atoms with van der Waals surface area (Å²) in [4.78, 5) is 0. The van der Waals surface area contributed by atoms with E-state index in [1.165, 1.54) is 0 Å². The third-order valence-electron chi connectivity index (χ3n) is 0. The Morgan fingerprint density at radius 3 is 0.375 bits per heavy atom. The molecule has 0 aliphatic heterocycles. The third kappa shape index (κ3) is 110. The third-order valence-corrected chi connectivity index (χ3v) is 0. The summed E-state index contributed by atoms with van der Waals surface area (Å²) in [6.45, 7) is 0. The van der Waals surface area contributed by atoms with Crippen LogP contribution in [0.2, 0.25) is 0 Å². The van der Waals surface area contributed by atoms with Crippen LogP contribution in [0.1, 0.15) is 0 Å². The molecule has 0 rings (SSSR count). The van der Waals surface area contributed by atoms with E-state index in [0.717, 1.165) is 0 Å². The van der Waals surface area contributed by atoms with Crippen molar-refractivity contribution in [3.05, 3.63) is 0 Å². The molecule has 0 aromatic carbocycles. The molecule has 54 valence electrons. The van der Waals surface area contributed by atoms with Crippen LogP contribution in [-0.4, -0.2) is 51.2 Å². The van der Waals surface area contributed by atoms with Gasteiger partial charge in [-0.1, -0.05) is 0 Å². The first-order chi connectivity index (χ1) is 0. The summed E-state index contributed by atoms with van der Waals surface area (Å²) in [5.74, 6) is 0. The fourth-order valence-electron chi connectivity index (χ4n) is 0. The van der Waals surface area contributed by atoms with Crippen LogP contribution in [0.4, 0.5) is 0 Å². The van der Waals surface area contributed by atoms with Gasteiger partial charge in [-0.05, 0) is 0 Å². The van der Waals surface area contributed by atoms with E-state index in [-0.39, 0.29) is 88.4 Å². The Bertz CT molecular complexity index is 12.5. The average Bonchev–Trinajstić information content (AvgIpc) is 0. The lowest BCUT2D eigenvalue weighted by Gasteiger charge is -1.00. The normalized spacial score (nSPS) is 0. The lowest BCUT2D eigenvalue weighted by atomic mass is 16.0. The van der Waals surface area contributed by atoms with Gasteiger partial charge in [-0.3, -0.25) is 0 Å². The first kappa shape index (κ1) is 232. The second-order valence-corrected chi connectivity index (χ2v) is 0. The van der Waals surface area contributed by atoms with E-state index in [1.807, 2.05) is 0 Å². The zero-order chi connectivity index (χ0) is 0. The standard InChI is InChI=1S/2Al.3ClH.3H2O/h;;3*1H;3*1H2/p-6. The largest absolute Gasteiger partial charge is 1.00 e. The van der Waals surface area contributed by atoms with E-state index in [0.29, 0.717) is 0 Å². The summed E-state index contributed by atoms with van der Waals surface area (Å²) < 4.78 is 0. The predicted molar refractivity (Wildman–Crippen MR) is 17.3 cm³/mol. The highest BCUT2D eigenvalue weighted by atomic mass is 35.5. The second kappa shape index (κ2) is 163. The van der Waals surface area contributed by atoms with Crippen LogP contribution in [0.15, 0.2) is 0 Å². The van der Waals surface area contributed by atoms with E-state index in [9.17, 15) is 0 Å². The van der Waals surface area contributed by atoms with Crippen molar-refractivity contribution in [1.29, 1.82) is 0 Å². The lowest BCUT2D eigenvalue weighted by molar-refractivity contribution is -0.00100. The molecule has 3 nitrogen and oxygen atoms in total. The zero-order valence-electron chi connectivity index (χ0n) is 3.63. The second-order valence-electron chi connectivity index (χ2n) is 0. The summed E-state index contributed by atoms with van der Waals surface area (Å²) in [5.41, 5.74) is 0. The summed E-state index contributed by atoms with van der Waals surface area (Å²) in [6.07, 6.45) is 0. The minimum absolute atomic E-state index is 0. The molecule has 0 heterocycles. The molecular formula is H3Al2Cl3O3-6. The van der Waals surface area contributed by atoms with Crippen molar-refractivity contribution >= 4 is 34.7 Å². The maximum atomic E-state index is 0. The maximum Gasteiger partial charge on any atom is 0 e. The Hall–Kier alpha value is 1.81. The molecule has 0 bridgehead atoms. The van der Waals surface area contributed by atoms with Gasteiger partial charge in [0.15, 0.2) is 0 Å². The fourth-order valence-corrected chi connectivity index (χ4v) is 0. The van der Waals surface area contributed by atoms with Gasteiger partial charge >= 0.3 is 0 Å². The smallest absolute Gasteiger partial charge is 0 e. The molecule has 0 aromatic heterocycles. The molecule has 8 heteroatoms. The highest BCUT2D eigenvalue weighted by Gasteiger charge is 0.00101. The van der Waals surface area contributed by atoms with Gasteiger partial charge in [-0.2, -0.15) is 0 Å². The van der Waals surface area contributed by atoms with Crippen molar-refractivity contribution in [1.82, 2.24) is 0 Å². The monoisotopic (exact) mass is 210 g/mol. The van der Waals surface area contributed by atoms with Crippen LogP contribution in [0.5, 0.6) is 0 Å². The van der Waals surface area contributed by atoms with E-state index >= 15 is 0 Å². The fraction of sp³-hybridized carbons (Fsp3) is 0. The van der Waals surface area contributed by atoms with Crippen LogP contribution in [0.25, 0.3) is 0 Å². The van der Waals surface area contributed by atoms with Gasteiger partial charge in [-0.25, -0.2) is 0 Å². The highest BCUT2D eigenvalue weighted by molar-refractivity contribution is 5.76. The predicted octanol–water partition coefficient (Wildman–Crippen LogP) is -10.3. The van der Waals surface area contributed by atoms with Gasteiger partial charge in [-0.15, -0.1) is 0 Å². The zero-order valence-corrected chi connectivity index (χ0v) is 8.21. The van der Waals surface area contributed by atoms with E-state index in [1.54, 1.807) is 0 Å². The van der Waals surface area contributed by atoms with Crippen LogP contribution < -0.4 is 37.2 Å². The van der Waals surface area contributed by atoms with E-state index in [2.05, 4.69) is 0 Å². The summed E-state index contributed by atoms with van der Waals surface area (Å²) in [7, 11) is 0. The van der Waals surface area contributed by atoms with Crippen molar-refractivity contribution in [3.8, 4) is 0 Å². The van der Waals surface area contributed by atoms with Crippen LogP contribution in [0, 0.1) is 0 Å². The molecule has 0 spiro atoms. The minimum atomic E-state index is 0. The number of rotatable bonds is 0. The number of hydrogen-bond donors (Lipinski definition) is 0. The molecule has 0 aromatic rings. The quantitative estimate of drug-likeness (QED) is 0.373. The number of halogens is 3. The van der Waals surface area contributed by atoms with Crippen molar-refractivity contribution < 1.29 is 53.6 Å². The average molecular weight is 211 g/mol. The Morgan fingerprint density at radius 2 is 0.375 bits per heavy atom. The molecule has 0 saturated carbocycles. The van der Waals surface area contributed by atoms with Crippen molar-refractivity contribution in [2.45, 2.75) is 0 Å². The van der Waals surface area contributed by atoms with Gasteiger partial charge in [0.25, 0.3) is 0 Å². The maximum absolute atomic E-state index is 0. The molecule has 0 fully saturated rings. The molecule has 3 N–H and O–H groups in total. The van der Waals surface area contributed by atoms with Crippen LogP contribution in [0.3, 0.4) is 0 Å². The van der Waals surface area contributed by atoms with Crippen molar-refractivity contribution in [2.24, 2.45) is 0 Å². The summed E-state index contributed by atoms with van der Waals surface area (Å²) >= 11 is 0. The van der Waals surface area contributed by atoms with Gasteiger partial charge in [0.2, 0.25) is 0 Å². The lowest BCUT2D eigenvalue weighted by Crippen LogP contribution is -3.00. The Balaban J connectivity index is 0. The molecule has 0 unspecified atom stereocenters. The van der Waals surface area contributed by atoms with E-state index in [4.69, 9.17) is 0 Å². The topological polar surface area (TPSA) is 90.0 Å². The minimum Gasteiger partial charge on any atom is -1.00 e. The van der Waals surface area contributed by atoms with Crippen molar-refractivity contribution in [2.75, 3.05) is 0 Å². The van der Waals surface area contributed by atoms with Gasteiger partial charge in [0.1, 0.15) is 0 Å². The first-order valence-corrected chi connectivity index (χ1v) is 0. The highest BCUT2D eigenvalue weighted by Crippen LogP contribution is -0.287. The SMILES string of the molecule is [Al].[Al].[Cl-].[Cl-].[Cl-].[OH-].[OH-].[OH-]. The Kier molecular flexibility index (Phi) is 4730. The Labute approximate surface area is 88.0 Å². The summed E-state index contributed by atoms with van der Waals surface area (Å²) in [5, 5.41) is 0. The molecular weight excluding hydrogens is 208 g/mol. The first-order valence-electron chi connectivity index (χ1n) is 0. The molecule has 8 heavy (non-hydrogen) atoms. The van der Waals surface area contributed by atoms with Gasteiger partial charge in [0.05, 0.1) is 0 Å². The molecule has 0 saturated heterocycles. The molecule has 0 aliphatic carbocycles. The molecule has 0 aliphatic rings. The summed E-state index contributed by atoms with van der Waals surface area (Å²) in [6, 6.07) is 0. The van der Waals surface area contributed by atoms with Crippen molar-refractivity contribution in [3.63, 3.8) is 0 Å². The van der Waals surface area contributed by atoms with Crippen LogP contribution in [-0.2, 0) is 0 Å².